The Bertz CT molecular complexity index is 300. The van der Waals surface area contributed by atoms with E-state index in [1.54, 1.807) is 0 Å². The highest BCUT2D eigenvalue weighted by atomic mass is 32.2. The lowest BCUT2D eigenvalue weighted by Gasteiger charge is -2.20. The molecule has 0 spiro atoms. The quantitative estimate of drug-likeness (QED) is 0.487. The molecule has 1 rings (SSSR count). The first-order chi connectivity index (χ1) is 7.16. The second kappa shape index (κ2) is 5.63. The molecule has 0 aromatic heterocycles. The molecular weight excluding hydrogens is 216 g/mol. The van der Waals surface area contributed by atoms with Crippen LogP contribution < -0.4 is 5.32 Å². The third kappa shape index (κ3) is 3.15. The monoisotopic (exact) mass is 228 g/mol. The van der Waals surface area contributed by atoms with Gasteiger partial charge in [-0.2, -0.15) is 0 Å². The van der Waals surface area contributed by atoms with E-state index < -0.39 is 12.0 Å². The highest BCUT2D eigenvalue weighted by molar-refractivity contribution is 7.99. The number of nitrogens with one attached hydrogen (secondary N) is 1. The molecule has 1 heterocycles. The lowest BCUT2D eigenvalue weighted by Crippen LogP contribution is -2.45. The maximum atomic E-state index is 11.6. The summed E-state index contributed by atoms with van der Waals surface area (Å²) in [7, 11) is 0. The summed E-state index contributed by atoms with van der Waals surface area (Å²) >= 11 is 1.44. The maximum absolute atomic E-state index is 11.6. The van der Waals surface area contributed by atoms with Crippen molar-refractivity contribution in [1.82, 2.24) is 10.2 Å². The van der Waals surface area contributed by atoms with Crippen LogP contribution in [0.3, 0.4) is 0 Å². The molecule has 5 nitrogen and oxygen atoms in total. The smallest absolute Gasteiger partial charge is 0.327 e. The van der Waals surface area contributed by atoms with Gasteiger partial charge in [-0.25, -0.2) is 4.79 Å². The minimum atomic E-state index is -0.953. The normalized spacial score (nSPS) is 19.9. The molecule has 0 radical (unpaired) electrons. The summed E-state index contributed by atoms with van der Waals surface area (Å²) < 4.78 is 0. The number of nitrogens with zero attached hydrogens (tertiary/aromatic N) is 1. The summed E-state index contributed by atoms with van der Waals surface area (Å²) in [6.07, 6.45) is 5.01. The zero-order chi connectivity index (χ0) is 11.3. The SMILES string of the molecule is C#CCNCC(=O)N1CSC[C@H]1C(=O)O. The van der Waals surface area contributed by atoms with Gasteiger partial charge in [-0.05, 0) is 0 Å². The van der Waals surface area contributed by atoms with E-state index in [-0.39, 0.29) is 12.5 Å². The van der Waals surface area contributed by atoms with Crippen LogP contribution in [0.15, 0.2) is 0 Å². The fourth-order valence-electron chi connectivity index (χ4n) is 1.24. The molecule has 1 atom stereocenters. The molecule has 0 saturated carbocycles. The van der Waals surface area contributed by atoms with Gasteiger partial charge in [0, 0.05) is 5.75 Å². The molecule has 15 heavy (non-hydrogen) atoms. The molecule has 6 heteroatoms. The van der Waals surface area contributed by atoms with E-state index in [1.165, 1.54) is 16.7 Å². The van der Waals surface area contributed by atoms with Crippen molar-refractivity contribution in [2.24, 2.45) is 0 Å². The summed E-state index contributed by atoms with van der Waals surface area (Å²) in [5, 5.41) is 11.6. The second-order valence-corrected chi connectivity index (χ2v) is 4.02. The van der Waals surface area contributed by atoms with E-state index in [0.29, 0.717) is 18.2 Å². The summed E-state index contributed by atoms with van der Waals surface area (Å²) in [6, 6.07) is -0.699. The van der Waals surface area contributed by atoms with Crippen LogP contribution in [0.25, 0.3) is 0 Å². The number of terminal acetylenes is 1. The number of rotatable bonds is 4. The molecule has 2 N–H and O–H groups in total. The van der Waals surface area contributed by atoms with Crippen molar-refractivity contribution in [3.05, 3.63) is 0 Å². The van der Waals surface area contributed by atoms with Crippen molar-refractivity contribution in [2.45, 2.75) is 6.04 Å². The first kappa shape index (κ1) is 11.9. The number of hydrogen-bond donors (Lipinski definition) is 2. The Labute approximate surface area is 92.2 Å². The number of carboxylic acid groups (broad SMARTS) is 1. The van der Waals surface area contributed by atoms with Crippen LogP contribution in [0.1, 0.15) is 0 Å². The molecule has 0 bridgehead atoms. The van der Waals surface area contributed by atoms with E-state index in [9.17, 15) is 9.59 Å². The van der Waals surface area contributed by atoms with Gasteiger partial charge >= 0.3 is 5.97 Å². The summed E-state index contributed by atoms with van der Waals surface area (Å²) in [4.78, 5) is 23.7. The minimum absolute atomic E-state index is 0.0918. The van der Waals surface area contributed by atoms with E-state index in [1.807, 2.05) is 0 Å². The standard InChI is InChI=1S/C9H12N2O3S/c1-2-3-10-4-8(12)11-6-15-5-7(11)9(13)14/h1,7,10H,3-6H2,(H,13,14)/t7-/m0/s1. The zero-order valence-corrected chi connectivity index (χ0v) is 8.92. The maximum Gasteiger partial charge on any atom is 0.327 e. The van der Waals surface area contributed by atoms with Crippen LogP contribution >= 0.6 is 11.8 Å². The summed E-state index contributed by atoms with van der Waals surface area (Å²) in [6.45, 7) is 0.402. The third-order valence-electron chi connectivity index (χ3n) is 1.99. The Morgan fingerprint density at radius 3 is 3.00 bits per heavy atom. The van der Waals surface area contributed by atoms with E-state index in [4.69, 9.17) is 11.5 Å². The molecule has 0 aromatic carbocycles. The van der Waals surface area contributed by atoms with Crippen LogP contribution in [-0.2, 0) is 9.59 Å². The van der Waals surface area contributed by atoms with Gasteiger partial charge in [-0.1, -0.05) is 5.92 Å². The molecule has 1 aliphatic rings. The Hall–Kier alpha value is -1.19. The number of thioether (sulfide) groups is 1. The lowest BCUT2D eigenvalue weighted by atomic mass is 10.3. The average Bonchev–Trinajstić information content (AvgIpc) is 2.66. The van der Waals surface area contributed by atoms with Crippen molar-refractivity contribution in [3.63, 3.8) is 0 Å². The number of aliphatic carboxylic acids is 1. The van der Waals surface area contributed by atoms with E-state index in [2.05, 4.69) is 11.2 Å². The Kier molecular flexibility index (Phi) is 4.46. The van der Waals surface area contributed by atoms with Crippen LogP contribution in [0.2, 0.25) is 0 Å². The van der Waals surface area contributed by atoms with Crippen LogP contribution in [0.5, 0.6) is 0 Å². The lowest BCUT2D eigenvalue weighted by molar-refractivity contribution is -0.147. The minimum Gasteiger partial charge on any atom is -0.480 e. The first-order valence-corrected chi connectivity index (χ1v) is 5.56. The molecule has 1 fully saturated rings. The fourth-order valence-corrected chi connectivity index (χ4v) is 2.41. The van der Waals surface area contributed by atoms with Crippen LogP contribution in [0, 0.1) is 12.3 Å². The van der Waals surface area contributed by atoms with Crippen molar-refractivity contribution < 1.29 is 14.7 Å². The largest absolute Gasteiger partial charge is 0.480 e. The second-order valence-electron chi connectivity index (χ2n) is 3.03. The van der Waals surface area contributed by atoms with Crippen LogP contribution in [-0.4, -0.2) is 52.6 Å². The van der Waals surface area contributed by atoms with E-state index in [0.717, 1.165) is 0 Å². The fraction of sp³-hybridized carbons (Fsp3) is 0.556. The van der Waals surface area contributed by atoms with Crippen molar-refractivity contribution in [2.75, 3.05) is 24.7 Å². The first-order valence-electron chi connectivity index (χ1n) is 4.41. The van der Waals surface area contributed by atoms with Gasteiger partial charge in [0.2, 0.25) is 5.91 Å². The Morgan fingerprint density at radius 2 is 2.40 bits per heavy atom. The van der Waals surface area contributed by atoms with Gasteiger partial charge in [-0.15, -0.1) is 18.2 Å². The molecule has 1 saturated heterocycles. The number of carbonyl (C=O) groups is 2. The highest BCUT2D eigenvalue weighted by Gasteiger charge is 2.33. The van der Waals surface area contributed by atoms with Crippen molar-refractivity contribution >= 4 is 23.6 Å². The topological polar surface area (TPSA) is 69.6 Å². The average molecular weight is 228 g/mol. The molecular formula is C9H12N2O3S. The van der Waals surface area contributed by atoms with Gasteiger partial charge in [0.15, 0.2) is 0 Å². The number of carboxylic acids is 1. The summed E-state index contributed by atoms with van der Waals surface area (Å²) in [5.74, 6) is 2.06. The predicted octanol–water partition coefficient (Wildman–Crippen LogP) is -0.805. The molecule has 1 aliphatic heterocycles. The van der Waals surface area contributed by atoms with Gasteiger partial charge in [-0.3, -0.25) is 10.1 Å². The predicted molar refractivity (Wildman–Crippen MR) is 57.3 cm³/mol. The van der Waals surface area contributed by atoms with E-state index >= 15 is 0 Å². The van der Waals surface area contributed by atoms with Gasteiger partial charge in [0.05, 0.1) is 19.0 Å². The van der Waals surface area contributed by atoms with Gasteiger partial charge in [0.1, 0.15) is 6.04 Å². The molecule has 0 aromatic rings. The van der Waals surface area contributed by atoms with Gasteiger partial charge < -0.3 is 10.0 Å². The zero-order valence-electron chi connectivity index (χ0n) is 8.10. The summed E-state index contributed by atoms with van der Waals surface area (Å²) in [5.41, 5.74) is 0. The number of amides is 1. The van der Waals surface area contributed by atoms with Crippen molar-refractivity contribution in [3.8, 4) is 12.3 Å². The number of hydrogen-bond acceptors (Lipinski definition) is 4. The Balaban J connectivity index is 2.45. The molecule has 0 aliphatic carbocycles. The van der Waals surface area contributed by atoms with Crippen molar-refractivity contribution in [1.29, 1.82) is 0 Å². The highest BCUT2D eigenvalue weighted by Crippen LogP contribution is 2.20. The molecule has 1 amide bonds. The molecule has 82 valence electrons. The molecule has 0 unspecified atom stereocenters. The van der Waals surface area contributed by atoms with Gasteiger partial charge in [0.25, 0.3) is 0 Å². The number of carbonyl (C=O) groups excluding carboxylic acids is 1. The van der Waals surface area contributed by atoms with Crippen LogP contribution in [0.4, 0.5) is 0 Å². The third-order valence-corrected chi connectivity index (χ3v) is 3.00. The Morgan fingerprint density at radius 1 is 1.67 bits per heavy atom.